The average Bonchev–Trinajstić information content (AvgIpc) is 3.29. The molecule has 0 saturated heterocycles. The second kappa shape index (κ2) is 9.51. The molecule has 0 aliphatic carbocycles. The van der Waals surface area contributed by atoms with E-state index in [0.717, 1.165) is 23.7 Å². The number of guanidine groups is 1. The van der Waals surface area contributed by atoms with Crippen LogP contribution in [0, 0.1) is 0 Å². The van der Waals surface area contributed by atoms with E-state index >= 15 is 0 Å². The van der Waals surface area contributed by atoms with Crippen LogP contribution in [0.15, 0.2) is 34.6 Å². The molecule has 0 saturated carbocycles. The van der Waals surface area contributed by atoms with Crippen molar-refractivity contribution >= 4 is 34.2 Å². The monoisotopic (exact) mass is 414 g/mol. The lowest BCUT2D eigenvalue weighted by atomic mass is 10.1. The van der Waals surface area contributed by atoms with Crippen LogP contribution < -0.4 is 15.5 Å². The van der Waals surface area contributed by atoms with Gasteiger partial charge in [-0.1, -0.05) is 12.1 Å². The van der Waals surface area contributed by atoms with Gasteiger partial charge in [-0.2, -0.15) is 0 Å². The van der Waals surface area contributed by atoms with Gasteiger partial charge in [0.2, 0.25) is 0 Å². The smallest absolute Gasteiger partial charge is 0.261 e. The standard InChI is InChI=1S/C20H26N6O2S/c1-21-19(23-12-14-13-29-20(24-14)25(2)3)22-10-6-7-11-26-17(27)15-8-4-5-9-16(15)18(26)28/h4-5,8-9,13H,6-7,10-12H2,1-3H3,(H2,21,22,23). The first-order chi connectivity index (χ1) is 14.0. The van der Waals surface area contributed by atoms with Gasteiger partial charge in [0, 0.05) is 39.6 Å². The number of fused-ring (bicyclic) bond motifs is 1. The minimum Gasteiger partial charge on any atom is -0.356 e. The van der Waals surface area contributed by atoms with Crippen molar-refractivity contribution in [3.63, 3.8) is 0 Å². The zero-order chi connectivity index (χ0) is 20.8. The molecule has 154 valence electrons. The van der Waals surface area contributed by atoms with E-state index in [1.54, 1.807) is 42.6 Å². The molecule has 1 aromatic heterocycles. The minimum absolute atomic E-state index is 0.198. The van der Waals surface area contributed by atoms with Crippen LogP contribution >= 0.6 is 11.3 Å². The highest BCUT2D eigenvalue weighted by atomic mass is 32.1. The summed E-state index contributed by atoms with van der Waals surface area (Å²) in [7, 11) is 5.66. The third kappa shape index (κ3) is 4.92. The summed E-state index contributed by atoms with van der Waals surface area (Å²) in [6.07, 6.45) is 1.54. The van der Waals surface area contributed by atoms with E-state index < -0.39 is 0 Å². The molecule has 0 spiro atoms. The molecule has 2 N–H and O–H groups in total. The fraction of sp³-hybridized carbons (Fsp3) is 0.400. The highest BCUT2D eigenvalue weighted by molar-refractivity contribution is 7.13. The van der Waals surface area contributed by atoms with Gasteiger partial charge in [-0.05, 0) is 25.0 Å². The van der Waals surface area contributed by atoms with E-state index in [-0.39, 0.29) is 11.8 Å². The molecule has 1 aliphatic rings. The summed E-state index contributed by atoms with van der Waals surface area (Å²) < 4.78 is 0. The number of amides is 2. The van der Waals surface area contributed by atoms with Gasteiger partial charge in [0.1, 0.15) is 0 Å². The van der Waals surface area contributed by atoms with Crippen LogP contribution in [0.5, 0.6) is 0 Å². The number of aromatic nitrogens is 1. The molecule has 0 atom stereocenters. The third-order valence-electron chi connectivity index (χ3n) is 4.56. The number of thiazole rings is 1. The van der Waals surface area contributed by atoms with Crippen molar-refractivity contribution in [2.45, 2.75) is 19.4 Å². The summed E-state index contributed by atoms with van der Waals surface area (Å²) in [4.78, 5) is 36.7. The molecule has 2 amide bonds. The van der Waals surface area contributed by atoms with Crippen LogP contribution in [0.1, 0.15) is 39.3 Å². The van der Waals surface area contributed by atoms with E-state index in [0.29, 0.717) is 36.7 Å². The van der Waals surface area contributed by atoms with Crippen LogP contribution in [0.3, 0.4) is 0 Å². The highest BCUT2D eigenvalue weighted by Gasteiger charge is 2.34. The number of anilines is 1. The molecule has 3 rings (SSSR count). The number of imide groups is 1. The third-order valence-corrected chi connectivity index (χ3v) is 5.62. The molecule has 2 aromatic rings. The Balaban J connectivity index is 1.37. The van der Waals surface area contributed by atoms with Crippen molar-refractivity contribution in [3.05, 3.63) is 46.5 Å². The van der Waals surface area contributed by atoms with Gasteiger partial charge in [-0.25, -0.2) is 4.98 Å². The number of hydrogen-bond donors (Lipinski definition) is 2. The van der Waals surface area contributed by atoms with Crippen molar-refractivity contribution in [1.29, 1.82) is 0 Å². The lowest BCUT2D eigenvalue weighted by Crippen LogP contribution is -2.37. The number of unbranched alkanes of at least 4 members (excludes halogenated alkanes) is 1. The first-order valence-corrected chi connectivity index (χ1v) is 10.4. The number of nitrogens with zero attached hydrogens (tertiary/aromatic N) is 4. The SMILES string of the molecule is CN=C(NCCCCN1C(=O)c2ccccc2C1=O)NCc1csc(N(C)C)n1. The van der Waals surface area contributed by atoms with Crippen molar-refractivity contribution in [2.24, 2.45) is 4.99 Å². The number of nitrogens with one attached hydrogen (secondary N) is 2. The zero-order valence-electron chi connectivity index (χ0n) is 16.9. The van der Waals surface area contributed by atoms with Crippen molar-refractivity contribution in [1.82, 2.24) is 20.5 Å². The van der Waals surface area contributed by atoms with Crippen LogP contribution in [0.2, 0.25) is 0 Å². The minimum atomic E-state index is -0.198. The van der Waals surface area contributed by atoms with Crippen molar-refractivity contribution in [2.75, 3.05) is 39.1 Å². The Bertz CT molecular complexity index is 873. The number of rotatable bonds is 8. The molecule has 8 nitrogen and oxygen atoms in total. The Morgan fingerprint density at radius 2 is 1.83 bits per heavy atom. The quantitative estimate of drug-likeness (QED) is 0.297. The Kier molecular flexibility index (Phi) is 6.82. The number of carbonyl (C=O) groups is 2. The highest BCUT2D eigenvalue weighted by Crippen LogP contribution is 2.22. The lowest BCUT2D eigenvalue weighted by molar-refractivity contribution is 0.0652. The molecule has 1 aromatic carbocycles. The van der Waals surface area contributed by atoms with Crippen molar-refractivity contribution < 1.29 is 9.59 Å². The first-order valence-electron chi connectivity index (χ1n) is 9.52. The maximum Gasteiger partial charge on any atom is 0.261 e. The maximum absolute atomic E-state index is 12.3. The van der Waals surface area contributed by atoms with Gasteiger partial charge >= 0.3 is 0 Å². The summed E-state index contributed by atoms with van der Waals surface area (Å²) in [5, 5.41) is 9.49. The lowest BCUT2D eigenvalue weighted by Gasteiger charge is -2.14. The Labute approximate surface area is 174 Å². The Hall–Kier alpha value is -2.94. The van der Waals surface area contributed by atoms with Gasteiger partial charge in [-0.15, -0.1) is 11.3 Å². The van der Waals surface area contributed by atoms with Gasteiger partial charge in [0.05, 0.1) is 23.4 Å². The molecule has 2 heterocycles. The Morgan fingerprint density at radius 3 is 2.41 bits per heavy atom. The molecule has 0 bridgehead atoms. The van der Waals surface area contributed by atoms with Crippen LogP contribution in [-0.2, 0) is 6.54 Å². The number of hydrogen-bond acceptors (Lipinski definition) is 6. The largest absolute Gasteiger partial charge is 0.356 e. The zero-order valence-corrected chi connectivity index (χ0v) is 17.8. The van der Waals surface area contributed by atoms with Gasteiger partial charge in [0.25, 0.3) is 11.8 Å². The fourth-order valence-corrected chi connectivity index (χ4v) is 3.78. The second-order valence-electron chi connectivity index (χ2n) is 6.88. The second-order valence-corrected chi connectivity index (χ2v) is 7.72. The molecule has 1 aliphatic heterocycles. The van der Waals surface area contributed by atoms with Crippen LogP contribution in [0.4, 0.5) is 5.13 Å². The van der Waals surface area contributed by atoms with E-state index in [4.69, 9.17) is 0 Å². The van der Waals surface area contributed by atoms with Gasteiger partial charge in [-0.3, -0.25) is 19.5 Å². The summed E-state index contributed by atoms with van der Waals surface area (Å²) in [5.74, 6) is 0.304. The topological polar surface area (TPSA) is 89.9 Å². The molecular formula is C20H26N6O2S. The summed E-state index contributed by atoms with van der Waals surface area (Å²) in [5.41, 5.74) is 1.96. The maximum atomic E-state index is 12.3. The van der Waals surface area contributed by atoms with Gasteiger partial charge in [0.15, 0.2) is 11.1 Å². The fourth-order valence-electron chi connectivity index (χ4n) is 3.02. The molecule has 29 heavy (non-hydrogen) atoms. The summed E-state index contributed by atoms with van der Waals surface area (Å²) in [6, 6.07) is 6.97. The summed E-state index contributed by atoms with van der Waals surface area (Å²) >= 11 is 1.60. The normalized spacial score (nSPS) is 13.6. The number of carbonyl (C=O) groups excluding carboxylic acids is 2. The predicted molar refractivity (Wildman–Crippen MR) is 116 cm³/mol. The summed E-state index contributed by atoms with van der Waals surface area (Å²) in [6.45, 7) is 1.72. The predicted octanol–water partition coefficient (Wildman–Crippen LogP) is 1.95. The van der Waals surface area contributed by atoms with Crippen molar-refractivity contribution in [3.8, 4) is 0 Å². The molecule has 0 unspecified atom stereocenters. The molecular weight excluding hydrogens is 388 g/mol. The average molecular weight is 415 g/mol. The molecule has 9 heteroatoms. The molecule has 0 radical (unpaired) electrons. The van der Waals surface area contributed by atoms with E-state index in [9.17, 15) is 9.59 Å². The van der Waals surface area contributed by atoms with Crippen LogP contribution in [0.25, 0.3) is 0 Å². The number of aliphatic imine (C=N–C) groups is 1. The van der Waals surface area contributed by atoms with Gasteiger partial charge < -0.3 is 15.5 Å². The van der Waals surface area contributed by atoms with Crippen LogP contribution in [-0.4, -0.2) is 61.9 Å². The van der Waals surface area contributed by atoms with E-state index in [1.807, 2.05) is 24.4 Å². The number of benzene rings is 1. The molecule has 0 fully saturated rings. The van der Waals surface area contributed by atoms with E-state index in [1.165, 1.54) is 4.90 Å². The van der Waals surface area contributed by atoms with E-state index in [2.05, 4.69) is 20.6 Å². The first kappa shape index (κ1) is 20.8. The Morgan fingerprint density at radius 1 is 1.14 bits per heavy atom.